The molecule has 82 valence electrons. The van der Waals surface area contributed by atoms with Crippen LogP contribution in [0.5, 0.6) is 5.75 Å². The summed E-state index contributed by atoms with van der Waals surface area (Å²) in [4.78, 5) is 0. The Hall–Kier alpha value is -1.20. The summed E-state index contributed by atoms with van der Waals surface area (Å²) < 4.78 is 6.86. The van der Waals surface area contributed by atoms with Crippen LogP contribution in [0.4, 0.5) is 0 Å². The summed E-state index contributed by atoms with van der Waals surface area (Å²) in [7, 11) is 0. The van der Waals surface area contributed by atoms with Gasteiger partial charge in [-0.15, -0.1) is 0 Å². The van der Waals surface area contributed by atoms with Crippen LogP contribution in [0.3, 0.4) is 0 Å². The average Bonchev–Trinajstić information content (AvgIpc) is 2.30. The fourth-order valence-electron chi connectivity index (χ4n) is 1.68. The zero-order valence-corrected chi connectivity index (χ0v) is 11.7. The molecule has 2 heteroatoms. The van der Waals surface area contributed by atoms with E-state index in [0.29, 0.717) is 6.61 Å². The van der Waals surface area contributed by atoms with Crippen molar-refractivity contribution < 1.29 is 4.74 Å². The van der Waals surface area contributed by atoms with E-state index in [1.165, 1.54) is 15.5 Å². The molecule has 16 heavy (non-hydrogen) atoms. The molecule has 0 saturated carbocycles. The number of hydrogen-bond acceptors (Lipinski definition) is 1. The average molecular weight is 274 g/mol. The fourth-order valence-corrected chi connectivity index (χ4v) is 2.46. The van der Waals surface area contributed by atoms with Gasteiger partial charge in [-0.1, -0.05) is 0 Å². The molecular weight excluding hydrogens is 259 g/mol. The predicted octanol–water partition coefficient (Wildman–Crippen LogP) is 2.01. The third-order valence-electron chi connectivity index (χ3n) is 2.42. The van der Waals surface area contributed by atoms with Gasteiger partial charge in [0, 0.05) is 0 Å². The Balaban J connectivity index is 2.40. The van der Waals surface area contributed by atoms with Gasteiger partial charge in [-0.3, -0.25) is 0 Å². The van der Waals surface area contributed by atoms with Crippen molar-refractivity contribution >= 4 is 21.2 Å². The van der Waals surface area contributed by atoms with E-state index in [0.717, 1.165) is 5.75 Å². The molecule has 0 bridgehead atoms. The molecule has 0 aliphatic carbocycles. The Bertz CT molecular complexity index is 480. The molecule has 1 atom stereocenters. The van der Waals surface area contributed by atoms with Crippen molar-refractivity contribution in [3.05, 3.63) is 48.5 Å². The van der Waals surface area contributed by atoms with Crippen molar-refractivity contribution in [3.8, 4) is 16.9 Å². The third-order valence-corrected chi connectivity index (χ3v) is 3.47. The van der Waals surface area contributed by atoms with E-state index in [1.807, 2.05) is 19.1 Å². The van der Waals surface area contributed by atoms with Gasteiger partial charge < -0.3 is 0 Å². The van der Waals surface area contributed by atoms with Crippen molar-refractivity contribution in [2.75, 3.05) is 6.61 Å². The Kier molecular flexibility index (Phi) is 3.69. The molecule has 0 radical (unpaired) electrons. The number of ether oxygens (including phenoxy) is 1. The fraction of sp³-hybridized carbons (Fsp3) is 0.143. The summed E-state index contributed by atoms with van der Waals surface area (Å²) >= 11 is 1.65. The second-order valence-electron chi connectivity index (χ2n) is 3.55. The molecule has 2 aromatic carbocycles. The van der Waals surface area contributed by atoms with Crippen LogP contribution in [-0.2, 0) is 0 Å². The topological polar surface area (TPSA) is 9.23 Å². The van der Waals surface area contributed by atoms with Crippen molar-refractivity contribution in [2.24, 2.45) is 0 Å². The normalized spacial score (nSPS) is 10.1. The molecule has 2 rings (SSSR count). The zero-order chi connectivity index (χ0) is 11.4. The van der Waals surface area contributed by atoms with Crippen molar-refractivity contribution in [1.29, 1.82) is 0 Å². The second kappa shape index (κ2) is 5.22. The SMILES string of the molecule is CCOc1cccc(-c2ccccc2[AsH2])c1. The van der Waals surface area contributed by atoms with Crippen molar-refractivity contribution in [1.82, 2.24) is 0 Å². The van der Waals surface area contributed by atoms with Crippen molar-refractivity contribution in [3.63, 3.8) is 0 Å². The molecule has 0 spiro atoms. The van der Waals surface area contributed by atoms with Gasteiger partial charge in [-0.2, -0.15) is 0 Å². The number of benzene rings is 2. The summed E-state index contributed by atoms with van der Waals surface area (Å²) in [5.74, 6) is 0.941. The molecule has 0 amide bonds. The monoisotopic (exact) mass is 274 g/mol. The predicted molar refractivity (Wildman–Crippen MR) is 71.2 cm³/mol. The van der Waals surface area contributed by atoms with Crippen LogP contribution in [0.25, 0.3) is 11.1 Å². The van der Waals surface area contributed by atoms with Crippen LogP contribution in [0.15, 0.2) is 48.5 Å². The van der Waals surface area contributed by atoms with Crippen LogP contribution in [0.1, 0.15) is 6.92 Å². The van der Waals surface area contributed by atoms with E-state index in [9.17, 15) is 0 Å². The van der Waals surface area contributed by atoms with Gasteiger partial charge in [0.2, 0.25) is 0 Å². The van der Waals surface area contributed by atoms with Crippen molar-refractivity contribution in [2.45, 2.75) is 6.92 Å². The van der Waals surface area contributed by atoms with E-state index < -0.39 is 0 Å². The van der Waals surface area contributed by atoms with E-state index >= 15 is 0 Å². The van der Waals surface area contributed by atoms with Gasteiger partial charge in [-0.25, -0.2) is 0 Å². The first-order valence-electron chi connectivity index (χ1n) is 5.39. The minimum atomic E-state index is 0.709. The van der Waals surface area contributed by atoms with Gasteiger partial charge in [0.05, 0.1) is 0 Å². The molecular formula is C14H15AsO. The Labute approximate surface area is 105 Å². The quantitative estimate of drug-likeness (QED) is 0.778. The van der Waals surface area contributed by atoms with E-state index in [-0.39, 0.29) is 0 Å². The van der Waals surface area contributed by atoms with Gasteiger partial charge in [0.25, 0.3) is 0 Å². The first-order chi connectivity index (χ1) is 7.81. The molecule has 0 saturated heterocycles. The van der Waals surface area contributed by atoms with Gasteiger partial charge in [0.15, 0.2) is 0 Å². The molecule has 2 aromatic rings. The number of hydrogen-bond donors (Lipinski definition) is 0. The van der Waals surface area contributed by atoms with E-state index in [1.54, 1.807) is 16.9 Å². The first kappa shape index (κ1) is 11.3. The second-order valence-corrected chi connectivity index (χ2v) is 4.85. The standard InChI is InChI=1S/C14H15AsO/c1-2-16-12-7-5-6-11(10-12)13-8-3-4-9-14(13)15/h3-10H,2,15H2,1H3. The van der Waals surface area contributed by atoms with Gasteiger partial charge >= 0.3 is 105 Å². The summed E-state index contributed by atoms with van der Waals surface area (Å²) in [6.45, 7) is 2.71. The molecule has 0 aliphatic rings. The summed E-state index contributed by atoms with van der Waals surface area (Å²) in [5, 5.41) is 0. The summed E-state index contributed by atoms with van der Waals surface area (Å²) in [6, 6.07) is 16.7. The Morgan fingerprint density at radius 1 is 1.06 bits per heavy atom. The molecule has 0 N–H and O–H groups in total. The molecule has 1 unspecified atom stereocenters. The van der Waals surface area contributed by atoms with E-state index in [2.05, 4.69) is 36.4 Å². The van der Waals surface area contributed by atoms with Crippen LogP contribution in [0.2, 0.25) is 0 Å². The van der Waals surface area contributed by atoms with Gasteiger partial charge in [0.1, 0.15) is 0 Å². The number of rotatable bonds is 3. The molecule has 0 heterocycles. The van der Waals surface area contributed by atoms with E-state index in [4.69, 9.17) is 4.74 Å². The van der Waals surface area contributed by atoms with Gasteiger partial charge in [-0.05, 0) is 0 Å². The summed E-state index contributed by atoms with van der Waals surface area (Å²) in [6.07, 6.45) is 0. The molecule has 0 fully saturated rings. The molecule has 0 aromatic heterocycles. The minimum absolute atomic E-state index is 0.709. The maximum atomic E-state index is 5.51. The first-order valence-corrected chi connectivity index (χ1v) is 6.60. The Morgan fingerprint density at radius 3 is 2.62 bits per heavy atom. The Morgan fingerprint density at radius 2 is 1.88 bits per heavy atom. The zero-order valence-electron chi connectivity index (χ0n) is 9.31. The van der Waals surface area contributed by atoms with Crippen LogP contribution < -0.4 is 9.09 Å². The van der Waals surface area contributed by atoms with Crippen LogP contribution in [-0.4, -0.2) is 23.5 Å². The maximum absolute atomic E-state index is 5.51. The molecule has 0 aliphatic heterocycles. The van der Waals surface area contributed by atoms with Crippen LogP contribution in [0, 0.1) is 0 Å². The summed E-state index contributed by atoms with van der Waals surface area (Å²) in [5.41, 5.74) is 2.52. The molecule has 1 nitrogen and oxygen atoms in total. The van der Waals surface area contributed by atoms with Crippen LogP contribution >= 0.6 is 0 Å². The third kappa shape index (κ3) is 2.48.